The second-order valence-corrected chi connectivity index (χ2v) is 7.01. The van der Waals surface area contributed by atoms with Crippen LogP contribution in [0.5, 0.6) is 0 Å². The van der Waals surface area contributed by atoms with Crippen LogP contribution in [0.2, 0.25) is 4.34 Å². The number of ether oxygens (including phenoxy) is 1. The van der Waals surface area contributed by atoms with Crippen molar-refractivity contribution in [1.82, 2.24) is 4.31 Å². The summed E-state index contributed by atoms with van der Waals surface area (Å²) in [4.78, 5) is 0. The van der Waals surface area contributed by atoms with Crippen LogP contribution in [-0.4, -0.2) is 32.6 Å². The Morgan fingerprint density at radius 3 is 2.80 bits per heavy atom. The lowest BCUT2D eigenvalue weighted by atomic mass is 10.4. The van der Waals surface area contributed by atoms with E-state index in [1.165, 1.54) is 10.4 Å². The molecule has 0 unspecified atom stereocenters. The molecule has 0 radical (unpaired) electrons. The first-order valence-corrected chi connectivity index (χ1v) is 7.07. The van der Waals surface area contributed by atoms with Gasteiger partial charge in [-0.2, -0.15) is 4.31 Å². The number of halogens is 1. The number of hydrogen-bond donors (Lipinski definition) is 0. The smallest absolute Gasteiger partial charge is 0.254 e. The van der Waals surface area contributed by atoms with Gasteiger partial charge in [0.15, 0.2) is 0 Å². The molecule has 84 valence electrons. The minimum Gasteiger partial charge on any atom is -0.365 e. The maximum atomic E-state index is 12.0. The third-order valence-corrected chi connectivity index (χ3v) is 5.59. The normalized spacial score (nSPS) is 19.3. The Kier molecular flexibility index (Phi) is 3.32. The molecule has 2 heterocycles. The molecule has 15 heavy (non-hydrogen) atoms. The molecule has 1 saturated heterocycles. The van der Waals surface area contributed by atoms with Crippen LogP contribution in [0.3, 0.4) is 0 Å². The number of sulfonamides is 1. The van der Waals surface area contributed by atoms with Crippen molar-refractivity contribution < 1.29 is 13.2 Å². The van der Waals surface area contributed by atoms with Crippen molar-refractivity contribution in [2.45, 2.75) is 10.6 Å². The Balaban J connectivity index is 2.26. The van der Waals surface area contributed by atoms with Gasteiger partial charge in [-0.15, -0.1) is 11.3 Å². The van der Waals surface area contributed by atoms with E-state index in [1.54, 1.807) is 6.07 Å². The largest absolute Gasteiger partial charge is 0.365 e. The summed E-state index contributed by atoms with van der Waals surface area (Å²) in [6, 6.07) is 3.11. The molecule has 0 aliphatic carbocycles. The standard InChI is InChI=1S/C8H10ClNO3S2/c9-7-2-3-8(14-7)15(11,12)10-4-1-5-13-6-10/h2-3H,1,4-6H2. The molecule has 0 bridgehead atoms. The Morgan fingerprint density at radius 2 is 2.27 bits per heavy atom. The summed E-state index contributed by atoms with van der Waals surface area (Å²) < 4.78 is 31.2. The fourth-order valence-corrected chi connectivity index (χ4v) is 4.33. The summed E-state index contributed by atoms with van der Waals surface area (Å²) in [5.41, 5.74) is 0. The van der Waals surface area contributed by atoms with Crippen molar-refractivity contribution in [3.63, 3.8) is 0 Å². The van der Waals surface area contributed by atoms with Gasteiger partial charge in [-0.3, -0.25) is 0 Å². The molecule has 1 fully saturated rings. The number of rotatable bonds is 2. The predicted molar refractivity (Wildman–Crippen MR) is 58.7 cm³/mol. The van der Waals surface area contributed by atoms with Gasteiger partial charge in [-0.1, -0.05) is 11.6 Å². The number of thiophene rings is 1. The Hall–Kier alpha value is -0.140. The van der Waals surface area contributed by atoms with Gasteiger partial charge in [0.2, 0.25) is 0 Å². The Labute approximate surface area is 97.5 Å². The van der Waals surface area contributed by atoms with Crippen molar-refractivity contribution in [1.29, 1.82) is 0 Å². The van der Waals surface area contributed by atoms with Gasteiger partial charge in [-0.05, 0) is 18.6 Å². The molecular formula is C8H10ClNO3S2. The zero-order valence-corrected chi connectivity index (χ0v) is 10.2. The number of nitrogens with zero attached hydrogens (tertiary/aromatic N) is 1. The first kappa shape index (κ1) is 11.3. The highest BCUT2D eigenvalue weighted by atomic mass is 35.5. The molecule has 7 heteroatoms. The van der Waals surface area contributed by atoms with E-state index in [2.05, 4.69) is 0 Å². The summed E-state index contributed by atoms with van der Waals surface area (Å²) in [7, 11) is -3.40. The quantitative estimate of drug-likeness (QED) is 0.820. The van der Waals surface area contributed by atoms with Gasteiger partial charge < -0.3 is 4.74 Å². The highest BCUT2D eigenvalue weighted by molar-refractivity contribution is 7.91. The maximum absolute atomic E-state index is 12.0. The maximum Gasteiger partial charge on any atom is 0.254 e. The second-order valence-electron chi connectivity index (χ2n) is 3.13. The van der Waals surface area contributed by atoms with Crippen LogP contribution in [0.25, 0.3) is 0 Å². The lowest BCUT2D eigenvalue weighted by Crippen LogP contribution is -2.37. The summed E-state index contributed by atoms with van der Waals surface area (Å²) in [5, 5.41) is 0. The molecular weight excluding hydrogens is 258 g/mol. The van der Waals surface area contributed by atoms with Gasteiger partial charge in [-0.25, -0.2) is 8.42 Å². The summed E-state index contributed by atoms with van der Waals surface area (Å²) in [6.07, 6.45) is 0.734. The molecule has 4 nitrogen and oxygen atoms in total. The molecule has 0 N–H and O–H groups in total. The average Bonchev–Trinajstić information content (AvgIpc) is 2.67. The van der Waals surface area contributed by atoms with E-state index in [4.69, 9.17) is 16.3 Å². The van der Waals surface area contributed by atoms with Crippen LogP contribution < -0.4 is 0 Å². The summed E-state index contributed by atoms with van der Waals surface area (Å²) in [5.74, 6) is 0. The average molecular weight is 268 g/mol. The molecule has 2 rings (SSSR count). The monoisotopic (exact) mass is 267 g/mol. The van der Waals surface area contributed by atoms with Crippen molar-refractivity contribution >= 4 is 33.0 Å². The molecule has 1 aromatic rings. The molecule has 1 aliphatic rings. The first-order chi connectivity index (χ1) is 7.10. The topological polar surface area (TPSA) is 46.6 Å². The third-order valence-electron chi connectivity index (χ3n) is 2.07. The molecule has 0 aromatic carbocycles. The molecule has 0 amide bonds. The van der Waals surface area contributed by atoms with Crippen LogP contribution in [0.4, 0.5) is 0 Å². The van der Waals surface area contributed by atoms with Crippen molar-refractivity contribution in [2.24, 2.45) is 0 Å². The Morgan fingerprint density at radius 1 is 1.47 bits per heavy atom. The van der Waals surface area contributed by atoms with Gasteiger partial charge in [0.25, 0.3) is 10.0 Å². The Bertz CT molecular complexity index is 436. The SMILES string of the molecule is O=S(=O)(c1ccc(Cl)s1)N1CCCOC1. The van der Waals surface area contributed by atoms with Crippen LogP contribution in [0.1, 0.15) is 6.42 Å². The van der Waals surface area contributed by atoms with Crippen LogP contribution in [-0.2, 0) is 14.8 Å². The van der Waals surface area contributed by atoms with E-state index >= 15 is 0 Å². The van der Waals surface area contributed by atoms with Gasteiger partial charge >= 0.3 is 0 Å². The zero-order valence-electron chi connectivity index (χ0n) is 7.85. The third kappa shape index (κ3) is 2.34. The van der Waals surface area contributed by atoms with E-state index in [0.29, 0.717) is 17.5 Å². The summed E-state index contributed by atoms with van der Waals surface area (Å²) >= 11 is 6.78. The van der Waals surface area contributed by atoms with E-state index in [-0.39, 0.29) is 10.9 Å². The van der Waals surface area contributed by atoms with E-state index < -0.39 is 10.0 Å². The van der Waals surface area contributed by atoms with E-state index in [9.17, 15) is 8.42 Å². The summed E-state index contributed by atoms with van der Waals surface area (Å²) in [6.45, 7) is 1.27. The number of hydrogen-bond acceptors (Lipinski definition) is 4. The highest BCUT2D eigenvalue weighted by Crippen LogP contribution is 2.28. The van der Waals surface area contributed by atoms with E-state index in [1.807, 2.05) is 0 Å². The van der Waals surface area contributed by atoms with Gasteiger partial charge in [0.05, 0.1) is 4.34 Å². The molecule has 0 spiro atoms. The van der Waals surface area contributed by atoms with Crippen molar-refractivity contribution in [2.75, 3.05) is 19.9 Å². The van der Waals surface area contributed by atoms with Crippen LogP contribution in [0, 0.1) is 0 Å². The lowest BCUT2D eigenvalue weighted by molar-refractivity contribution is 0.0314. The fourth-order valence-electron chi connectivity index (χ4n) is 1.33. The van der Waals surface area contributed by atoms with Crippen molar-refractivity contribution in [3.05, 3.63) is 16.5 Å². The lowest BCUT2D eigenvalue weighted by Gasteiger charge is -2.25. The molecule has 1 aromatic heterocycles. The predicted octanol–water partition coefficient (Wildman–Crippen LogP) is 1.77. The van der Waals surface area contributed by atoms with Gasteiger partial charge in [0, 0.05) is 13.2 Å². The van der Waals surface area contributed by atoms with Gasteiger partial charge in [0.1, 0.15) is 10.9 Å². The van der Waals surface area contributed by atoms with Crippen molar-refractivity contribution in [3.8, 4) is 0 Å². The van der Waals surface area contributed by atoms with E-state index in [0.717, 1.165) is 17.8 Å². The van der Waals surface area contributed by atoms with Crippen LogP contribution >= 0.6 is 22.9 Å². The first-order valence-electron chi connectivity index (χ1n) is 4.44. The molecule has 0 saturated carbocycles. The minimum atomic E-state index is -3.40. The highest BCUT2D eigenvalue weighted by Gasteiger charge is 2.27. The fraction of sp³-hybridized carbons (Fsp3) is 0.500. The zero-order chi connectivity index (χ0) is 10.9. The molecule has 0 atom stereocenters. The molecule has 1 aliphatic heterocycles. The van der Waals surface area contributed by atoms with Crippen LogP contribution in [0.15, 0.2) is 16.3 Å². The minimum absolute atomic E-state index is 0.137. The second kappa shape index (κ2) is 4.39.